The van der Waals surface area contributed by atoms with Gasteiger partial charge >= 0.3 is 6.03 Å². The minimum atomic E-state index is -0.591. The maximum atomic E-state index is 13.1. The van der Waals surface area contributed by atoms with Crippen molar-refractivity contribution in [1.82, 2.24) is 30.8 Å². The Morgan fingerprint density at radius 3 is 2.25 bits per heavy atom. The molecule has 4 aliphatic carbocycles. The van der Waals surface area contributed by atoms with Gasteiger partial charge in [-0.15, -0.1) is 5.10 Å². The molecule has 55 heavy (non-hydrogen) atoms. The molecule has 2 heterocycles. The average Bonchev–Trinajstić information content (AvgIpc) is 3.68. The van der Waals surface area contributed by atoms with Crippen LogP contribution in [0.4, 0.5) is 4.79 Å². The second-order valence-corrected chi connectivity index (χ2v) is 17.2. The minimum Gasteiger partial charge on any atom is -0.392 e. The molecule has 2 amide bonds. The second-order valence-electron chi connectivity index (χ2n) is 16.2. The molecule has 4 saturated carbocycles. The minimum absolute atomic E-state index is 0.00359. The quantitative estimate of drug-likeness (QED) is 0.115. The summed E-state index contributed by atoms with van der Waals surface area (Å²) in [5, 5.41) is 29.4. The van der Waals surface area contributed by atoms with Crippen molar-refractivity contribution >= 4 is 17.8 Å². The Morgan fingerprint density at radius 1 is 0.836 bits per heavy atom. The number of ether oxygens (including phenoxy) is 2. The van der Waals surface area contributed by atoms with E-state index in [1.165, 1.54) is 19.3 Å². The van der Waals surface area contributed by atoms with E-state index >= 15 is 0 Å². The number of hydrogen-bond acceptors (Lipinski definition) is 8. The van der Waals surface area contributed by atoms with Crippen molar-refractivity contribution in [2.45, 2.75) is 87.8 Å². The lowest BCUT2D eigenvalue weighted by Crippen LogP contribution is -2.61. The molecule has 11 heteroatoms. The number of aromatic nitrogens is 4. The number of tetrazole rings is 1. The first-order valence-electron chi connectivity index (χ1n) is 19.6. The molecule has 10 rings (SSSR count). The molecule has 0 radical (unpaired) electrons. The van der Waals surface area contributed by atoms with Gasteiger partial charge in [-0.3, -0.25) is 0 Å². The van der Waals surface area contributed by atoms with Gasteiger partial charge in [-0.1, -0.05) is 104 Å². The van der Waals surface area contributed by atoms with Crippen molar-refractivity contribution < 1.29 is 19.4 Å². The van der Waals surface area contributed by atoms with E-state index in [2.05, 4.69) is 81.6 Å². The van der Waals surface area contributed by atoms with Crippen molar-refractivity contribution in [3.05, 3.63) is 125 Å². The molecule has 10 nitrogen and oxygen atoms in total. The van der Waals surface area contributed by atoms with Crippen LogP contribution < -0.4 is 10.6 Å². The molecule has 4 bridgehead atoms. The molecule has 4 aromatic carbocycles. The molecule has 4 atom stereocenters. The first-order chi connectivity index (χ1) is 26.9. The van der Waals surface area contributed by atoms with Gasteiger partial charge in [-0.2, -0.15) is 4.68 Å². The van der Waals surface area contributed by atoms with Gasteiger partial charge in [0, 0.05) is 29.3 Å². The molecule has 3 N–H and O–H groups in total. The molecule has 284 valence electrons. The zero-order valence-corrected chi connectivity index (χ0v) is 31.9. The monoisotopic (exact) mass is 756 g/mol. The van der Waals surface area contributed by atoms with E-state index < -0.39 is 6.29 Å². The van der Waals surface area contributed by atoms with Gasteiger partial charge in [0.05, 0.1) is 24.5 Å². The smallest absolute Gasteiger partial charge is 0.315 e. The number of hydrogen-bond donors (Lipinski definition) is 3. The summed E-state index contributed by atoms with van der Waals surface area (Å²) in [4.78, 5) is 13.1. The van der Waals surface area contributed by atoms with Gasteiger partial charge in [0.25, 0.3) is 0 Å². The van der Waals surface area contributed by atoms with Crippen LogP contribution in [-0.4, -0.2) is 48.7 Å². The fraction of sp³-hybridized carbons (Fsp3) is 0.409. The van der Waals surface area contributed by atoms with E-state index in [-0.39, 0.29) is 36.3 Å². The number of urea groups is 1. The van der Waals surface area contributed by atoms with Crippen molar-refractivity contribution in [2.24, 2.45) is 23.7 Å². The van der Waals surface area contributed by atoms with E-state index in [0.717, 1.165) is 76.1 Å². The Bertz CT molecular complexity index is 2060. The Hall–Kier alpha value is -4.55. The number of nitrogens with zero attached hydrogens (tertiary/aromatic N) is 4. The molecule has 1 saturated heterocycles. The molecular formula is C44H48N6O4S. The highest BCUT2D eigenvalue weighted by atomic mass is 32.2. The Morgan fingerprint density at radius 2 is 1.55 bits per heavy atom. The summed E-state index contributed by atoms with van der Waals surface area (Å²) in [6.07, 6.45) is 6.50. The molecular weight excluding hydrogens is 709 g/mol. The van der Waals surface area contributed by atoms with Crippen LogP contribution in [-0.2, 0) is 22.6 Å². The Balaban J connectivity index is 0.880. The molecule has 0 spiro atoms. The number of carbonyl (C=O) groups excluding carboxylic acids is 1. The number of thioether (sulfide) groups is 1. The van der Waals surface area contributed by atoms with Crippen LogP contribution in [0.5, 0.6) is 0 Å². The Labute approximate surface area is 326 Å². The lowest BCUT2D eigenvalue weighted by Gasteiger charge is -2.56. The molecule has 5 fully saturated rings. The fourth-order valence-corrected chi connectivity index (χ4v) is 10.9. The number of carbonyl (C=O) groups is 1. The largest absolute Gasteiger partial charge is 0.392 e. The summed E-state index contributed by atoms with van der Waals surface area (Å²) >= 11 is 1.56. The van der Waals surface area contributed by atoms with Crippen LogP contribution in [0.3, 0.4) is 0 Å². The number of aliphatic hydroxyl groups is 1. The van der Waals surface area contributed by atoms with Crippen LogP contribution in [0, 0.1) is 23.7 Å². The highest BCUT2D eigenvalue weighted by molar-refractivity contribution is 7.99. The standard InChI is InChI=1S/C44H48N6O4S/c1-28-39(27-55-43-47-48-49-50(43)38-8-3-2-4-9-38)53-41(54-40(28)35-12-10-29(26-51)11-13-35)36-16-14-34(15-17-36)37-7-5-6-30(21-37)25-45-42(52)46-44-22-31-18-32(23-44)20-33(19-31)24-44/h2-17,21,28,31-33,39-41,51H,18-20,22-27H2,1H3,(H2,45,46,52)/t28-,31?,32?,33?,39+,40+,41+,44?/m1/s1. The molecule has 5 aliphatic rings. The highest BCUT2D eigenvalue weighted by Gasteiger charge is 2.51. The number of para-hydroxylation sites is 1. The third kappa shape index (κ3) is 7.80. The zero-order chi connectivity index (χ0) is 37.4. The number of rotatable bonds is 11. The average molecular weight is 757 g/mol. The van der Waals surface area contributed by atoms with Crippen molar-refractivity contribution in [3.63, 3.8) is 0 Å². The van der Waals surface area contributed by atoms with Gasteiger partial charge < -0.3 is 25.2 Å². The first-order valence-corrected chi connectivity index (χ1v) is 20.6. The number of nitrogens with one attached hydrogen (secondary N) is 2. The van der Waals surface area contributed by atoms with E-state index in [1.807, 2.05) is 54.6 Å². The predicted octanol–water partition coefficient (Wildman–Crippen LogP) is 8.17. The summed E-state index contributed by atoms with van der Waals surface area (Å²) in [7, 11) is 0. The van der Waals surface area contributed by atoms with E-state index in [4.69, 9.17) is 9.47 Å². The Kier molecular flexibility index (Phi) is 10.2. The summed E-state index contributed by atoms with van der Waals surface area (Å²) < 4.78 is 15.2. The summed E-state index contributed by atoms with van der Waals surface area (Å²) in [6, 6.07) is 34.5. The normalized spacial score (nSPS) is 28.2. The van der Waals surface area contributed by atoms with Crippen LogP contribution in [0.25, 0.3) is 16.8 Å². The van der Waals surface area contributed by atoms with Gasteiger partial charge in [0.15, 0.2) is 6.29 Å². The van der Waals surface area contributed by atoms with Gasteiger partial charge in [-0.25, -0.2) is 4.79 Å². The third-order valence-electron chi connectivity index (χ3n) is 12.3. The van der Waals surface area contributed by atoms with E-state index in [1.54, 1.807) is 16.4 Å². The van der Waals surface area contributed by atoms with Gasteiger partial charge in [0.1, 0.15) is 0 Å². The zero-order valence-electron chi connectivity index (χ0n) is 31.1. The van der Waals surface area contributed by atoms with Crippen molar-refractivity contribution in [1.29, 1.82) is 0 Å². The lowest BCUT2D eigenvalue weighted by molar-refractivity contribution is -0.268. The number of amides is 2. The number of aliphatic hydroxyl groups excluding tert-OH is 1. The van der Waals surface area contributed by atoms with E-state index in [9.17, 15) is 9.90 Å². The van der Waals surface area contributed by atoms with Gasteiger partial charge in [0.2, 0.25) is 5.16 Å². The predicted molar refractivity (Wildman–Crippen MR) is 211 cm³/mol. The van der Waals surface area contributed by atoms with Gasteiger partial charge in [-0.05, 0) is 113 Å². The highest BCUT2D eigenvalue weighted by Crippen LogP contribution is 2.55. The maximum absolute atomic E-state index is 13.1. The summed E-state index contributed by atoms with van der Waals surface area (Å²) in [6.45, 7) is 2.62. The molecule has 1 aliphatic heterocycles. The third-order valence-corrected chi connectivity index (χ3v) is 13.3. The first kappa shape index (κ1) is 36.1. The fourth-order valence-electron chi connectivity index (χ4n) is 9.89. The topological polar surface area (TPSA) is 123 Å². The number of benzene rings is 4. The summed E-state index contributed by atoms with van der Waals surface area (Å²) in [5.74, 6) is 3.02. The second kappa shape index (κ2) is 15.5. The molecule has 0 unspecified atom stereocenters. The molecule has 5 aromatic rings. The maximum Gasteiger partial charge on any atom is 0.315 e. The van der Waals surface area contributed by atoms with Crippen LogP contribution in [0.2, 0.25) is 0 Å². The van der Waals surface area contributed by atoms with Crippen molar-refractivity contribution in [2.75, 3.05) is 5.75 Å². The van der Waals surface area contributed by atoms with Crippen LogP contribution >= 0.6 is 11.8 Å². The van der Waals surface area contributed by atoms with Crippen LogP contribution in [0.1, 0.15) is 80.1 Å². The summed E-state index contributed by atoms with van der Waals surface area (Å²) in [5.41, 5.74) is 6.93. The van der Waals surface area contributed by atoms with Crippen molar-refractivity contribution in [3.8, 4) is 16.8 Å². The van der Waals surface area contributed by atoms with Crippen LogP contribution in [0.15, 0.2) is 108 Å². The lowest BCUT2D eigenvalue weighted by atomic mass is 9.53. The SMILES string of the molecule is C[C@@H]1[C@H](CSc2nnnn2-c2ccccc2)O[C@H](c2ccc(-c3cccc(CNC(=O)NC45CC6CC(CC(C6)C4)C5)c3)cc2)O[C@@H]1c1ccc(CO)cc1. The van der Waals surface area contributed by atoms with E-state index in [0.29, 0.717) is 17.5 Å². The molecule has 1 aromatic heterocycles.